The van der Waals surface area contributed by atoms with Gasteiger partial charge in [0.2, 0.25) is 0 Å². The molecule has 3 nitrogen and oxygen atoms in total. The van der Waals surface area contributed by atoms with Crippen molar-refractivity contribution in [3.8, 4) is 5.75 Å². The van der Waals surface area contributed by atoms with Gasteiger partial charge in [-0.25, -0.2) is 0 Å². The third-order valence-corrected chi connectivity index (χ3v) is 3.10. The van der Waals surface area contributed by atoms with Crippen LogP contribution in [0.2, 0.25) is 0 Å². The van der Waals surface area contributed by atoms with Crippen molar-refractivity contribution in [3.63, 3.8) is 0 Å². The molecule has 0 bridgehead atoms. The monoisotopic (exact) mass is 246 g/mol. The van der Waals surface area contributed by atoms with E-state index in [0.29, 0.717) is 5.92 Å². The maximum absolute atomic E-state index is 5.27. The summed E-state index contributed by atoms with van der Waals surface area (Å²) in [6, 6.07) is 6.16. The Morgan fingerprint density at radius 3 is 2.89 bits per heavy atom. The topological polar surface area (TPSA) is 37.0 Å². The maximum Gasteiger partial charge on any atom is 0.119 e. The molecule has 98 valence electrons. The SMILES string of the molecule is COc1ccc2[nH]cc(CCNCC(C)C)c2c1. The number of H-pyrrole nitrogens is 1. The van der Waals surface area contributed by atoms with Gasteiger partial charge in [0, 0.05) is 17.1 Å². The fourth-order valence-electron chi connectivity index (χ4n) is 2.11. The number of fused-ring (bicyclic) bond motifs is 1. The summed E-state index contributed by atoms with van der Waals surface area (Å²) in [7, 11) is 1.71. The van der Waals surface area contributed by atoms with Crippen LogP contribution in [0.4, 0.5) is 0 Å². The van der Waals surface area contributed by atoms with Crippen molar-refractivity contribution in [1.29, 1.82) is 0 Å². The zero-order chi connectivity index (χ0) is 13.0. The first-order valence-corrected chi connectivity index (χ1v) is 6.55. The third kappa shape index (κ3) is 3.05. The molecule has 2 rings (SSSR count). The molecule has 0 fully saturated rings. The third-order valence-electron chi connectivity index (χ3n) is 3.10. The zero-order valence-corrected chi connectivity index (χ0v) is 11.4. The summed E-state index contributed by atoms with van der Waals surface area (Å²) in [4.78, 5) is 3.31. The highest BCUT2D eigenvalue weighted by atomic mass is 16.5. The van der Waals surface area contributed by atoms with E-state index in [0.717, 1.165) is 25.3 Å². The van der Waals surface area contributed by atoms with Crippen LogP contribution in [0.15, 0.2) is 24.4 Å². The van der Waals surface area contributed by atoms with Crippen molar-refractivity contribution < 1.29 is 4.74 Å². The standard InChI is InChI=1S/C15H22N2O/c1-11(2)9-16-7-6-12-10-17-15-5-4-13(18-3)8-14(12)15/h4-5,8,10-11,16-17H,6-7,9H2,1-3H3. The molecule has 0 spiro atoms. The highest BCUT2D eigenvalue weighted by Gasteiger charge is 2.04. The van der Waals surface area contributed by atoms with Crippen molar-refractivity contribution in [2.24, 2.45) is 5.92 Å². The van der Waals surface area contributed by atoms with Gasteiger partial charge in [0.1, 0.15) is 5.75 Å². The van der Waals surface area contributed by atoms with Crippen LogP contribution in [0.5, 0.6) is 5.75 Å². The molecule has 1 aromatic carbocycles. The van der Waals surface area contributed by atoms with Crippen LogP contribution in [0.25, 0.3) is 10.9 Å². The van der Waals surface area contributed by atoms with Gasteiger partial charge in [-0.3, -0.25) is 0 Å². The van der Waals surface area contributed by atoms with Crippen LogP contribution in [0, 0.1) is 5.92 Å². The van der Waals surface area contributed by atoms with E-state index in [4.69, 9.17) is 4.74 Å². The molecule has 0 aliphatic rings. The molecular weight excluding hydrogens is 224 g/mol. The van der Waals surface area contributed by atoms with Gasteiger partial charge in [-0.05, 0) is 49.2 Å². The van der Waals surface area contributed by atoms with E-state index in [2.05, 4.69) is 42.5 Å². The first kappa shape index (κ1) is 13.0. The van der Waals surface area contributed by atoms with Crippen molar-refractivity contribution in [3.05, 3.63) is 30.0 Å². The molecule has 0 unspecified atom stereocenters. The lowest BCUT2D eigenvalue weighted by Crippen LogP contribution is -2.22. The molecule has 18 heavy (non-hydrogen) atoms. The first-order valence-electron chi connectivity index (χ1n) is 6.55. The van der Waals surface area contributed by atoms with E-state index in [-0.39, 0.29) is 0 Å². The van der Waals surface area contributed by atoms with E-state index in [9.17, 15) is 0 Å². The Kier molecular flexibility index (Phi) is 4.26. The molecule has 1 aromatic heterocycles. The number of aromatic nitrogens is 1. The molecule has 0 aliphatic carbocycles. The molecule has 0 aliphatic heterocycles. The van der Waals surface area contributed by atoms with Gasteiger partial charge in [0.15, 0.2) is 0 Å². The van der Waals surface area contributed by atoms with Crippen molar-refractivity contribution >= 4 is 10.9 Å². The van der Waals surface area contributed by atoms with Gasteiger partial charge in [-0.2, -0.15) is 0 Å². The van der Waals surface area contributed by atoms with Crippen LogP contribution in [-0.2, 0) is 6.42 Å². The minimum absolute atomic E-state index is 0.702. The van der Waals surface area contributed by atoms with Crippen LogP contribution >= 0.6 is 0 Å². The highest BCUT2D eigenvalue weighted by molar-refractivity contribution is 5.84. The molecule has 0 radical (unpaired) electrons. The largest absolute Gasteiger partial charge is 0.497 e. The summed E-state index contributed by atoms with van der Waals surface area (Å²) < 4.78 is 5.27. The molecule has 0 amide bonds. The van der Waals surface area contributed by atoms with Crippen LogP contribution in [-0.4, -0.2) is 25.2 Å². The van der Waals surface area contributed by atoms with Crippen LogP contribution in [0.1, 0.15) is 19.4 Å². The Morgan fingerprint density at radius 2 is 2.17 bits per heavy atom. The van der Waals surface area contributed by atoms with Gasteiger partial charge in [0.05, 0.1) is 7.11 Å². The average molecular weight is 246 g/mol. The molecule has 2 aromatic rings. The molecule has 2 N–H and O–H groups in total. The fourth-order valence-corrected chi connectivity index (χ4v) is 2.11. The second kappa shape index (κ2) is 5.91. The van der Waals surface area contributed by atoms with Crippen molar-refractivity contribution in [2.45, 2.75) is 20.3 Å². The van der Waals surface area contributed by atoms with E-state index < -0.39 is 0 Å². The number of hydrogen-bond donors (Lipinski definition) is 2. The minimum atomic E-state index is 0.702. The number of nitrogens with one attached hydrogen (secondary N) is 2. The predicted molar refractivity (Wildman–Crippen MR) is 76.3 cm³/mol. The second-order valence-corrected chi connectivity index (χ2v) is 5.07. The Balaban J connectivity index is 2.04. The number of ether oxygens (including phenoxy) is 1. The number of benzene rings is 1. The van der Waals surface area contributed by atoms with Crippen LogP contribution in [0.3, 0.4) is 0 Å². The van der Waals surface area contributed by atoms with E-state index >= 15 is 0 Å². The molecule has 0 saturated carbocycles. The Labute approximate surface area is 109 Å². The number of rotatable bonds is 6. The van der Waals surface area contributed by atoms with Gasteiger partial charge < -0.3 is 15.0 Å². The lowest BCUT2D eigenvalue weighted by Gasteiger charge is -2.07. The van der Waals surface area contributed by atoms with Crippen molar-refractivity contribution in [1.82, 2.24) is 10.3 Å². The van der Waals surface area contributed by atoms with Gasteiger partial charge in [-0.1, -0.05) is 13.8 Å². The summed E-state index contributed by atoms with van der Waals surface area (Å²) in [5.74, 6) is 1.62. The lowest BCUT2D eigenvalue weighted by atomic mass is 10.1. The molecular formula is C15H22N2O. The van der Waals surface area contributed by atoms with Gasteiger partial charge in [0.25, 0.3) is 0 Å². The Morgan fingerprint density at radius 1 is 1.33 bits per heavy atom. The second-order valence-electron chi connectivity index (χ2n) is 5.07. The van der Waals surface area contributed by atoms with Gasteiger partial charge >= 0.3 is 0 Å². The predicted octanol–water partition coefficient (Wildman–Crippen LogP) is 2.96. The molecule has 0 saturated heterocycles. The summed E-state index contributed by atoms with van der Waals surface area (Å²) in [5.41, 5.74) is 2.52. The quantitative estimate of drug-likeness (QED) is 0.769. The number of methoxy groups -OCH3 is 1. The molecule has 3 heteroatoms. The smallest absolute Gasteiger partial charge is 0.119 e. The van der Waals surface area contributed by atoms with E-state index in [1.807, 2.05) is 6.07 Å². The first-order chi connectivity index (χ1) is 8.70. The summed E-state index contributed by atoms with van der Waals surface area (Å²) in [6.45, 7) is 6.54. The highest BCUT2D eigenvalue weighted by Crippen LogP contribution is 2.23. The molecule has 1 heterocycles. The fraction of sp³-hybridized carbons (Fsp3) is 0.467. The average Bonchev–Trinajstić information content (AvgIpc) is 2.76. The van der Waals surface area contributed by atoms with Gasteiger partial charge in [-0.15, -0.1) is 0 Å². The van der Waals surface area contributed by atoms with E-state index in [1.165, 1.54) is 16.5 Å². The Hall–Kier alpha value is -1.48. The summed E-state index contributed by atoms with van der Waals surface area (Å²) in [6.07, 6.45) is 3.14. The maximum atomic E-state index is 5.27. The normalized spacial score (nSPS) is 11.3. The lowest BCUT2D eigenvalue weighted by molar-refractivity contribution is 0.415. The molecule has 0 atom stereocenters. The van der Waals surface area contributed by atoms with Crippen molar-refractivity contribution in [2.75, 3.05) is 20.2 Å². The van der Waals surface area contributed by atoms with Crippen LogP contribution < -0.4 is 10.1 Å². The number of hydrogen-bond acceptors (Lipinski definition) is 2. The summed E-state index contributed by atoms with van der Waals surface area (Å²) >= 11 is 0. The van der Waals surface area contributed by atoms with E-state index in [1.54, 1.807) is 7.11 Å². The zero-order valence-electron chi connectivity index (χ0n) is 11.4. The minimum Gasteiger partial charge on any atom is -0.497 e. The summed E-state index contributed by atoms with van der Waals surface area (Å²) in [5, 5.41) is 4.74. The Bertz CT molecular complexity index is 502. The number of aromatic amines is 1.